The highest BCUT2D eigenvalue weighted by Gasteiger charge is 2.24. The molecule has 0 unspecified atom stereocenters. The topological polar surface area (TPSA) is 130 Å². The Morgan fingerprint density at radius 2 is 1.55 bits per heavy atom. The number of benzene rings is 1. The molecule has 2 heterocycles. The van der Waals surface area contributed by atoms with E-state index in [-0.39, 0.29) is 38.7 Å². The van der Waals surface area contributed by atoms with Crippen LogP contribution in [0.5, 0.6) is 0 Å². The van der Waals surface area contributed by atoms with Crippen LogP contribution < -0.4 is 26.5 Å². The van der Waals surface area contributed by atoms with Crippen LogP contribution in [0.15, 0.2) is 33.9 Å². The molecule has 1 fully saturated rings. The van der Waals surface area contributed by atoms with Crippen LogP contribution in [0, 0.1) is 26.5 Å². The molecule has 1 saturated heterocycles. The first-order chi connectivity index (χ1) is 15.0. The maximum atomic E-state index is 13.4. The first-order valence-electron chi connectivity index (χ1n) is 10.5. The molecule has 3 aliphatic rings. The van der Waals surface area contributed by atoms with Crippen LogP contribution in [-0.4, -0.2) is 34.3 Å². The minimum Gasteiger partial charge on any atom is -0.571 e. The van der Waals surface area contributed by atoms with Gasteiger partial charge in [0.15, 0.2) is 5.52 Å². The number of aromatic nitrogens is 3. The summed E-state index contributed by atoms with van der Waals surface area (Å²) in [5, 5.41) is 33.7. The van der Waals surface area contributed by atoms with Gasteiger partial charge in [-0.25, -0.2) is 0 Å². The molecule has 9 nitrogen and oxygen atoms in total. The second-order valence-electron chi connectivity index (χ2n) is 8.13. The summed E-state index contributed by atoms with van der Waals surface area (Å²) in [4.78, 5) is 29.2. The molecule has 1 aliphatic heterocycles. The van der Waals surface area contributed by atoms with E-state index in [1.807, 2.05) is 0 Å². The Morgan fingerprint density at radius 1 is 0.935 bits per heavy atom. The molecule has 2 aromatic rings. The quantitative estimate of drug-likeness (QED) is 0.355. The van der Waals surface area contributed by atoms with Crippen molar-refractivity contribution >= 4 is 21.8 Å². The zero-order chi connectivity index (χ0) is 21.7. The highest BCUT2D eigenvalue weighted by molar-refractivity contribution is 5.83. The lowest BCUT2D eigenvalue weighted by molar-refractivity contribution is -0.746. The molecule has 2 N–H and O–H groups in total. The number of piperidine rings is 1. The molecule has 9 heteroatoms. The lowest BCUT2D eigenvalue weighted by atomic mass is 10.0. The Bertz CT molecular complexity index is 1590. The van der Waals surface area contributed by atoms with Gasteiger partial charge >= 0.3 is 0 Å². The predicted molar refractivity (Wildman–Crippen MR) is 113 cm³/mol. The van der Waals surface area contributed by atoms with E-state index in [0.29, 0.717) is 22.2 Å². The number of nitrogens with zero attached hydrogens (tertiary/aromatic N) is 4. The van der Waals surface area contributed by atoms with Gasteiger partial charge in [-0.15, -0.1) is 4.68 Å². The zero-order valence-electron chi connectivity index (χ0n) is 17.0. The summed E-state index contributed by atoms with van der Waals surface area (Å²) in [5.41, 5.74) is -1.54. The summed E-state index contributed by atoms with van der Waals surface area (Å²) in [6, 6.07) is 6.75. The molecule has 0 radical (unpaired) electrons. The van der Waals surface area contributed by atoms with Gasteiger partial charge in [0, 0.05) is 27.4 Å². The number of hydrogen-bond acceptors (Lipinski definition) is 7. The van der Waals surface area contributed by atoms with E-state index in [1.165, 1.54) is 23.9 Å². The van der Waals surface area contributed by atoms with Crippen LogP contribution in [0.1, 0.15) is 25.7 Å². The highest BCUT2D eigenvalue weighted by Crippen LogP contribution is 2.10. The van der Waals surface area contributed by atoms with Gasteiger partial charge in [-0.2, -0.15) is 0 Å². The molecule has 2 aliphatic carbocycles. The van der Waals surface area contributed by atoms with Gasteiger partial charge in [0.2, 0.25) is 16.4 Å². The van der Waals surface area contributed by atoms with Crippen molar-refractivity contribution in [3.8, 4) is 0 Å². The molecular weight excluding hydrogens is 396 g/mol. The second-order valence-corrected chi connectivity index (χ2v) is 8.13. The van der Waals surface area contributed by atoms with Gasteiger partial charge in [0.25, 0.3) is 0 Å². The van der Waals surface area contributed by atoms with Crippen molar-refractivity contribution in [1.29, 1.82) is 10.8 Å². The fraction of sp³-hybridized carbons (Fsp3) is 0.364. The van der Waals surface area contributed by atoms with Gasteiger partial charge in [0.05, 0.1) is 27.7 Å². The van der Waals surface area contributed by atoms with E-state index in [0.717, 1.165) is 19.6 Å². The largest absolute Gasteiger partial charge is 0.571 e. The summed E-state index contributed by atoms with van der Waals surface area (Å²) in [7, 11) is 0. The third kappa shape index (κ3) is 2.96. The van der Waals surface area contributed by atoms with Crippen LogP contribution >= 0.6 is 0 Å². The Kier molecular flexibility index (Phi) is 4.62. The number of fused-ring (bicyclic) bond motifs is 2. The Balaban J connectivity index is 1.72. The predicted octanol–water partition coefficient (Wildman–Crippen LogP) is -0.0214. The summed E-state index contributed by atoms with van der Waals surface area (Å²) >= 11 is 0. The Morgan fingerprint density at radius 3 is 2.19 bits per heavy atom. The number of nitrogens with one attached hydrogen (secondary N) is 2. The van der Waals surface area contributed by atoms with E-state index < -0.39 is 10.9 Å². The Hall–Kier alpha value is -3.46. The summed E-state index contributed by atoms with van der Waals surface area (Å²) in [6.45, 7) is 3.12. The van der Waals surface area contributed by atoms with Gasteiger partial charge in [0.1, 0.15) is 0 Å². The van der Waals surface area contributed by atoms with Gasteiger partial charge in [-0.3, -0.25) is 20.4 Å². The molecule has 158 valence electrons. The van der Waals surface area contributed by atoms with Gasteiger partial charge in [-0.05, 0) is 32.4 Å². The van der Waals surface area contributed by atoms with Crippen LogP contribution in [0.3, 0.4) is 0 Å². The fourth-order valence-corrected chi connectivity index (χ4v) is 4.73. The third-order valence-electron chi connectivity index (χ3n) is 6.27. The monoisotopic (exact) mass is 418 g/mol. The minimum absolute atomic E-state index is 0.0747. The van der Waals surface area contributed by atoms with Crippen LogP contribution in [0.4, 0.5) is 0 Å². The third-order valence-corrected chi connectivity index (χ3v) is 6.27. The van der Waals surface area contributed by atoms with E-state index in [1.54, 1.807) is 24.3 Å². The average Bonchev–Trinajstić information content (AvgIpc) is 3.12. The van der Waals surface area contributed by atoms with E-state index >= 15 is 0 Å². The maximum absolute atomic E-state index is 13.4. The molecular formula is C22H22N6O3. The van der Waals surface area contributed by atoms with Crippen molar-refractivity contribution in [1.82, 2.24) is 14.7 Å². The lowest BCUT2D eigenvalue weighted by Gasteiger charge is -2.26. The summed E-state index contributed by atoms with van der Waals surface area (Å²) in [6.07, 6.45) is 4.22. The van der Waals surface area contributed by atoms with Crippen molar-refractivity contribution in [2.24, 2.45) is 0 Å². The molecule has 0 bridgehead atoms. The second kappa shape index (κ2) is 7.35. The fourth-order valence-electron chi connectivity index (χ4n) is 4.73. The van der Waals surface area contributed by atoms with Crippen molar-refractivity contribution in [2.45, 2.75) is 32.2 Å². The first-order valence-corrected chi connectivity index (χ1v) is 10.5. The molecule has 5 rings (SSSR count). The van der Waals surface area contributed by atoms with Crippen molar-refractivity contribution < 1.29 is 4.96 Å². The number of hydrogen-bond donors (Lipinski definition) is 2. The molecule has 0 amide bonds. The molecule has 0 saturated carbocycles. The first kappa shape index (κ1) is 19.5. The van der Waals surface area contributed by atoms with Crippen LogP contribution in [0.25, 0.3) is 21.8 Å². The molecule has 1 aromatic heterocycles. The van der Waals surface area contributed by atoms with Gasteiger partial charge in [-0.1, -0.05) is 30.7 Å². The number of likely N-dealkylation sites (tertiary alicyclic amines) is 1. The number of rotatable bonds is 4. The summed E-state index contributed by atoms with van der Waals surface area (Å²) in [5.74, 6) is 0. The van der Waals surface area contributed by atoms with Crippen LogP contribution in [0.2, 0.25) is 0 Å². The minimum atomic E-state index is -0.645. The Labute approximate surface area is 175 Å². The van der Waals surface area contributed by atoms with E-state index in [9.17, 15) is 14.8 Å². The normalized spacial score (nSPS) is 15.4. The van der Waals surface area contributed by atoms with Crippen molar-refractivity contribution in [3.05, 3.63) is 71.1 Å². The molecule has 0 spiro atoms. The zero-order valence-corrected chi connectivity index (χ0v) is 17.0. The van der Waals surface area contributed by atoms with E-state index in [2.05, 4.69) is 10.00 Å². The highest BCUT2D eigenvalue weighted by atomic mass is 16.5. The number of aryl methyl sites for hydroxylation is 1. The van der Waals surface area contributed by atoms with E-state index in [4.69, 9.17) is 10.8 Å². The molecule has 0 atom stereocenters. The summed E-state index contributed by atoms with van der Waals surface area (Å²) < 4.78 is 1.20. The average molecular weight is 418 g/mol. The maximum Gasteiger partial charge on any atom is 0.223 e. The molecule has 1 aromatic carbocycles. The van der Waals surface area contributed by atoms with Gasteiger partial charge < -0.3 is 10.1 Å². The SMILES string of the molecule is N=c1c2c(=O)c3n[n+]([O-])n(CCCN4CCCCC4)c3c(=O)c=2c(=N)c2ccccc12. The smallest absolute Gasteiger partial charge is 0.223 e. The molecule has 31 heavy (non-hydrogen) atoms. The van der Waals surface area contributed by atoms with Crippen molar-refractivity contribution in [2.75, 3.05) is 19.6 Å². The van der Waals surface area contributed by atoms with Crippen molar-refractivity contribution in [3.63, 3.8) is 0 Å². The lowest BCUT2D eigenvalue weighted by Crippen LogP contribution is -2.41. The standard InChI is InChI=1S/C22H22N6O3/c23-17-13-7-2-3-8-14(13)18(24)16-15(17)21(29)19-20(22(16)30)27(28(31)25-19)12-6-11-26-9-4-1-5-10-26/h2-3,7-8,23-24H,1,4-6,9-12H2. The van der Waals surface area contributed by atoms with Crippen LogP contribution in [-0.2, 0) is 6.54 Å².